The summed E-state index contributed by atoms with van der Waals surface area (Å²) in [6, 6.07) is 10.4. The molecule has 2 heteroatoms. The number of carbonyl (C=O) groups is 1. The van der Waals surface area contributed by atoms with Gasteiger partial charge in [0.1, 0.15) is 5.78 Å². The summed E-state index contributed by atoms with van der Waals surface area (Å²) in [7, 11) is 0. The smallest absolute Gasteiger partial charge is 0.141 e. The highest BCUT2D eigenvalue weighted by Gasteiger charge is 2.58. The van der Waals surface area contributed by atoms with Crippen molar-refractivity contribution in [3.63, 3.8) is 0 Å². The lowest BCUT2D eigenvalue weighted by Crippen LogP contribution is -2.49. The number of hydrogen-bond donors (Lipinski definition) is 1. The van der Waals surface area contributed by atoms with E-state index in [-0.39, 0.29) is 5.78 Å². The lowest BCUT2D eigenvalue weighted by molar-refractivity contribution is -0.141. The highest BCUT2D eigenvalue weighted by molar-refractivity contribution is 5.88. The minimum Gasteiger partial charge on any atom is -0.389 e. The normalized spacial score (nSPS) is 39.7. The number of hydrogen-bond acceptors (Lipinski definition) is 2. The van der Waals surface area contributed by atoms with E-state index in [1.807, 2.05) is 25.1 Å². The van der Waals surface area contributed by atoms with Crippen LogP contribution in [0.1, 0.15) is 50.5 Å². The zero-order valence-corrected chi connectivity index (χ0v) is 10.9. The molecular formula is C16H20O2. The van der Waals surface area contributed by atoms with Crippen molar-refractivity contribution in [2.45, 2.75) is 50.5 Å². The lowest BCUT2D eigenvalue weighted by Gasteiger charge is -2.45. The Morgan fingerprint density at radius 2 is 1.94 bits per heavy atom. The molecule has 0 bridgehead atoms. The first-order chi connectivity index (χ1) is 8.55. The van der Waals surface area contributed by atoms with E-state index in [2.05, 4.69) is 12.1 Å². The van der Waals surface area contributed by atoms with Gasteiger partial charge in [-0.15, -0.1) is 0 Å². The standard InChI is InChI=1S/C16H20O2/c1-15-9-7-13(12-5-3-2-4-6-12)11-16(15,18)10-8-14(15)17/h2-6,13,18H,7-11H2,1H3/t13-,15-,16+/m1/s1. The zero-order valence-electron chi connectivity index (χ0n) is 10.9. The maximum Gasteiger partial charge on any atom is 0.141 e. The van der Waals surface area contributed by atoms with Crippen LogP contribution in [0, 0.1) is 5.41 Å². The predicted octanol–water partition coefficient (Wildman–Crippen LogP) is 3.05. The molecule has 0 heterocycles. The first kappa shape index (κ1) is 11.9. The van der Waals surface area contributed by atoms with Crippen LogP contribution in [0.15, 0.2) is 30.3 Å². The number of carbonyl (C=O) groups excluding carboxylic acids is 1. The van der Waals surface area contributed by atoms with Gasteiger partial charge in [-0.1, -0.05) is 30.3 Å². The Morgan fingerprint density at radius 3 is 2.67 bits per heavy atom. The summed E-state index contributed by atoms with van der Waals surface area (Å²) < 4.78 is 0. The van der Waals surface area contributed by atoms with Crippen LogP contribution in [-0.4, -0.2) is 16.5 Å². The Balaban J connectivity index is 1.88. The van der Waals surface area contributed by atoms with E-state index >= 15 is 0 Å². The Bertz CT molecular complexity index is 467. The van der Waals surface area contributed by atoms with Gasteiger partial charge in [-0.3, -0.25) is 4.79 Å². The van der Waals surface area contributed by atoms with Crippen LogP contribution >= 0.6 is 0 Å². The minimum absolute atomic E-state index is 0.261. The summed E-state index contributed by atoms with van der Waals surface area (Å²) in [5.41, 5.74) is 0.0357. The van der Waals surface area contributed by atoms with Gasteiger partial charge in [-0.25, -0.2) is 0 Å². The molecular weight excluding hydrogens is 224 g/mol. The van der Waals surface area contributed by atoms with Crippen LogP contribution in [0.5, 0.6) is 0 Å². The molecule has 1 aromatic rings. The fourth-order valence-electron chi connectivity index (χ4n) is 3.81. The van der Waals surface area contributed by atoms with Crippen molar-refractivity contribution in [1.82, 2.24) is 0 Å². The number of rotatable bonds is 1. The SMILES string of the molecule is C[C@]12CC[C@@H](c3ccccc3)C[C@@]1(O)CCC2=O. The topological polar surface area (TPSA) is 37.3 Å². The Kier molecular flexibility index (Phi) is 2.60. The van der Waals surface area contributed by atoms with Crippen LogP contribution < -0.4 is 0 Å². The van der Waals surface area contributed by atoms with Gasteiger partial charge in [0, 0.05) is 6.42 Å². The molecule has 0 amide bonds. The fourth-order valence-corrected chi connectivity index (χ4v) is 3.81. The first-order valence-electron chi connectivity index (χ1n) is 6.86. The van der Waals surface area contributed by atoms with E-state index in [0.717, 1.165) is 19.3 Å². The second kappa shape index (κ2) is 3.92. The molecule has 96 valence electrons. The monoisotopic (exact) mass is 244 g/mol. The summed E-state index contributed by atoms with van der Waals surface area (Å²) in [6.45, 7) is 1.96. The van der Waals surface area contributed by atoms with Crippen molar-refractivity contribution in [1.29, 1.82) is 0 Å². The zero-order chi connectivity index (χ0) is 12.8. The molecule has 2 fully saturated rings. The Labute approximate surface area is 108 Å². The van der Waals surface area contributed by atoms with E-state index in [9.17, 15) is 9.90 Å². The number of Topliss-reactive ketones (excluding diaryl/α,β-unsaturated/α-hetero) is 1. The molecule has 18 heavy (non-hydrogen) atoms. The van der Waals surface area contributed by atoms with Crippen LogP contribution in [0.4, 0.5) is 0 Å². The molecule has 1 aromatic carbocycles. The van der Waals surface area contributed by atoms with Gasteiger partial charge in [0.2, 0.25) is 0 Å². The molecule has 0 radical (unpaired) electrons. The highest BCUT2D eigenvalue weighted by atomic mass is 16.3. The average Bonchev–Trinajstić information content (AvgIpc) is 2.63. The van der Waals surface area contributed by atoms with E-state index in [0.29, 0.717) is 18.8 Å². The van der Waals surface area contributed by atoms with Gasteiger partial charge in [0.05, 0.1) is 11.0 Å². The molecule has 1 N–H and O–H groups in total. The molecule has 0 aliphatic heterocycles. The Hall–Kier alpha value is -1.15. The van der Waals surface area contributed by atoms with Crippen LogP contribution in [0.25, 0.3) is 0 Å². The van der Waals surface area contributed by atoms with Gasteiger partial charge >= 0.3 is 0 Å². The van der Waals surface area contributed by atoms with Crippen LogP contribution in [-0.2, 0) is 4.79 Å². The number of fused-ring (bicyclic) bond motifs is 1. The molecule has 2 nitrogen and oxygen atoms in total. The van der Waals surface area contributed by atoms with Crippen molar-refractivity contribution in [3.05, 3.63) is 35.9 Å². The summed E-state index contributed by atoms with van der Waals surface area (Å²) in [5.74, 6) is 0.659. The quantitative estimate of drug-likeness (QED) is 0.824. The maximum absolute atomic E-state index is 12.0. The molecule has 0 saturated heterocycles. The average molecular weight is 244 g/mol. The van der Waals surface area contributed by atoms with Gasteiger partial charge in [0.15, 0.2) is 0 Å². The van der Waals surface area contributed by atoms with E-state index in [1.165, 1.54) is 5.56 Å². The second-order valence-corrected chi connectivity index (χ2v) is 6.14. The molecule has 3 atom stereocenters. The van der Waals surface area contributed by atoms with E-state index < -0.39 is 11.0 Å². The number of ketones is 1. The van der Waals surface area contributed by atoms with Gasteiger partial charge in [-0.05, 0) is 44.1 Å². The Morgan fingerprint density at radius 1 is 1.22 bits per heavy atom. The summed E-state index contributed by atoms with van der Waals surface area (Å²) in [4.78, 5) is 12.0. The van der Waals surface area contributed by atoms with Crippen molar-refractivity contribution in [3.8, 4) is 0 Å². The maximum atomic E-state index is 12.0. The third-order valence-electron chi connectivity index (χ3n) is 5.26. The first-order valence-corrected chi connectivity index (χ1v) is 6.86. The fraction of sp³-hybridized carbons (Fsp3) is 0.562. The number of benzene rings is 1. The highest BCUT2D eigenvalue weighted by Crippen LogP contribution is 2.56. The lowest BCUT2D eigenvalue weighted by atomic mass is 9.62. The van der Waals surface area contributed by atoms with Crippen LogP contribution in [0.2, 0.25) is 0 Å². The third-order valence-corrected chi connectivity index (χ3v) is 5.26. The predicted molar refractivity (Wildman–Crippen MR) is 70.3 cm³/mol. The van der Waals surface area contributed by atoms with Crippen molar-refractivity contribution >= 4 is 5.78 Å². The molecule has 2 saturated carbocycles. The van der Waals surface area contributed by atoms with Gasteiger partial charge < -0.3 is 5.11 Å². The van der Waals surface area contributed by atoms with Gasteiger partial charge in [-0.2, -0.15) is 0 Å². The largest absolute Gasteiger partial charge is 0.389 e. The molecule has 0 unspecified atom stereocenters. The van der Waals surface area contributed by atoms with E-state index in [4.69, 9.17) is 0 Å². The summed E-state index contributed by atoms with van der Waals surface area (Å²) in [5, 5.41) is 10.9. The summed E-state index contributed by atoms with van der Waals surface area (Å²) >= 11 is 0. The van der Waals surface area contributed by atoms with Crippen molar-refractivity contribution in [2.24, 2.45) is 5.41 Å². The molecule has 2 aliphatic carbocycles. The number of aliphatic hydroxyl groups is 1. The van der Waals surface area contributed by atoms with Gasteiger partial charge in [0.25, 0.3) is 0 Å². The second-order valence-electron chi connectivity index (χ2n) is 6.14. The van der Waals surface area contributed by atoms with Crippen LogP contribution in [0.3, 0.4) is 0 Å². The van der Waals surface area contributed by atoms with Crippen molar-refractivity contribution in [2.75, 3.05) is 0 Å². The van der Waals surface area contributed by atoms with Crippen molar-refractivity contribution < 1.29 is 9.90 Å². The molecule has 0 spiro atoms. The molecule has 0 aromatic heterocycles. The third kappa shape index (κ3) is 1.55. The molecule has 3 rings (SSSR count). The summed E-state index contributed by atoms with van der Waals surface area (Å²) in [6.07, 6.45) is 3.76. The minimum atomic E-state index is -0.775. The van der Waals surface area contributed by atoms with E-state index in [1.54, 1.807) is 0 Å². The molecule has 2 aliphatic rings.